The summed E-state index contributed by atoms with van der Waals surface area (Å²) in [6.07, 6.45) is 1.79. The lowest BCUT2D eigenvalue weighted by Crippen LogP contribution is -2.17. The molecule has 0 saturated carbocycles. The number of benzene rings is 2. The Hall–Kier alpha value is -2.26. The monoisotopic (exact) mass is 266 g/mol. The van der Waals surface area contributed by atoms with Crippen molar-refractivity contribution in [1.29, 1.82) is 0 Å². The zero-order valence-corrected chi connectivity index (χ0v) is 11.2. The summed E-state index contributed by atoms with van der Waals surface area (Å²) in [7, 11) is 1.90. The van der Waals surface area contributed by atoms with E-state index in [1.165, 1.54) is 12.1 Å². The predicted octanol–water partition coefficient (Wildman–Crippen LogP) is 3.68. The van der Waals surface area contributed by atoms with E-state index in [1.54, 1.807) is 18.3 Å². The highest BCUT2D eigenvalue weighted by atomic mass is 19.1. The number of aromatic nitrogens is 1. The van der Waals surface area contributed by atoms with Crippen LogP contribution in [0.3, 0.4) is 0 Å². The first-order valence-corrected chi connectivity index (χ1v) is 6.55. The minimum Gasteiger partial charge on any atom is -0.309 e. The third-order valence-electron chi connectivity index (χ3n) is 3.46. The molecule has 0 aliphatic carbocycles. The van der Waals surface area contributed by atoms with E-state index in [0.29, 0.717) is 0 Å². The minimum atomic E-state index is -0.219. The Kier molecular flexibility index (Phi) is 3.44. The van der Waals surface area contributed by atoms with Crippen molar-refractivity contribution in [3.05, 3.63) is 77.7 Å². The largest absolute Gasteiger partial charge is 0.309 e. The van der Waals surface area contributed by atoms with E-state index < -0.39 is 0 Å². The van der Waals surface area contributed by atoms with Crippen molar-refractivity contribution in [3.8, 4) is 0 Å². The van der Waals surface area contributed by atoms with Crippen molar-refractivity contribution in [2.24, 2.45) is 0 Å². The van der Waals surface area contributed by atoms with Crippen LogP contribution < -0.4 is 5.32 Å². The molecule has 3 rings (SSSR count). The van der Waals surface area contributed by atoms with E-state index in [2.05, 4.69) is 28.5 Å². The Balaban J connectivity index is 2.04. The molecule has 1 unspecified atom stereocenters. The molecule has 100 valence electrons. The van der Waals surface area contributed by atoms with Crippen molar-refractivity contribution >= 4 is 10.9 Å². The second-order valence-corrected chi connectivity index (χ2v) is 4.73. The summed E-state index contributed by atoms with van der Waals surface area (Å²) in [5.41, 5.74) is 3.11. The molecule has 0 amide bonds. The smallest absolute Gasteiger partial charge is 0.123 e. The molecule has 0 aliphatic heterocycles. The van der Waals surface area contributed by atoms with Crippen LogP contribution in [-0.2, 0) is 0 Å². The third-order valence-corrected chi connectivity index (χ3v) is 3.46. The Labute approximate surface area is 117 Å². The SMILES string of the molecule is CNC(c1ccc(F)cc1)c1ccc2cccnc2c1. The molecule has 1 atom stereocenters. The number of hydrogen-bond donors (Lipinski definition) is 1. The molecule has 2 nitrogen and oxygen atoms in total. The van der Waals surface area contributed by atoms with E-state index in [4.69, 9.17) is 0 Å². The topological polar surface area (TPSA) is 24.9 Å². The molecule has 0 bridgehead atoms. The Morgan fingerprint density at radius 1 is 1.00 bits per heavy atom. The second-order valence-electron chi connectivity index (χ2n) is 4.73. The van der Waals surface area contributed by atoms with Gasteiger partial charge in [-0.2, -0.15) is 0 Å². The lowest BCUT2D eigenvalue weighted by atomic mass is 9.97. The summed E-state index contributed by atoms with van der Waals surface area (Å²) in [5.74, 6) is -0.219. The summed E-state index contributed by atoms with van der Waals surface area (Å²) in [6, 6.07) is 16.8. The number of nitrogens with one attached hydrogen (secondary N) is 1. The quantitative estimate of drug-likeness (QED) is 0.782. The first-order valence-electron chi connectivity index (χ1n) is 6.55. The van der Waals surface area contributed by atoms with Gasteiger partial charge in [-0.15, -0.1) is 0 Å². The van der Waals surface area contributed by atoms with E-state index in [9.17, 15) is 4.39 Å². The fourth-order valence-corrected chi connectivity index (χ4v) is 2.44. The second kappa shape index (κ2) is 5.39. The maximum absolute atomic E-state index is 13.0. The van der Waals surface area contributed by atoms with Gasteiger partial charge in [-0.3, -0.25) is 4.98 Å². The molecule has 1 heterocycles. The van der Waals surface area contributed by atoms with Crippen LogP contribution in [-0.4, -0.2) is 12.0 Å². The molecule has 20 heavy (non-hydrogen) atoms. The molecule has 1 N–H and O–H groups in total. The summed E-state index contributed by atoms with van der Waals surface area (Å²) < 4.78 is 13.0. The molecule has 0 radical (unpaired) electrons. The van der Waals surface area contributed by atoms with Crippen LogP contribution in [0, 0.1) is 5.82 Å². The van der Waals surface area contributed by atoms with E-state index >= 15 is 0 Å². The first kappa shape index (κ1) is 12.8. The molecular formula is C17H15FN2. The maximum atomic E-state index is 13.0. The zero-order chi connectivity index (χ0) is 13.9. The van der Waals surface area contributed by atoms with Crippen LogP contribution in [0.1, 0.15) is 17.2 Å². The minimum absolute atomic E-state index is 0.0296. The highest BCUT2D eigenvalue weighted by molar-refractivity contribution is 5.79. The van der Waals surface area contributed by atoms with Crippen molar-refractivity contribution in [2.75, 3.05) is 7.05 Å². The van der Waals surface area contributed by atoms with Gasteiger partial charge >= 0.3 is 0 Å². The maximum Gasteiger partial charge on any atom is 0.123 e. The van der Waals surface area contributed by atoms with Gasteiger partial charge in [0.25, 0.3) is 0 Å². The Morgan fingerprint density at radius 3 is 2.50 bits per heavy atom. The predicted molar refractivity (Wildman–Crippen MR) is 79.0 cm³/mol. The average Bonchev–Trinajstić information content (AvgIpc) is 2.50. The number of fused-ring (bicyclic) bond motifs is 1. The van der Waals surface area contributed by atoms with Crippen molar-refractivity contribution in [3.63, 3.8) is 0 Å². The fraction of sp³-hybridized carbons (Fsp3) is 0.118. The molecule has 2 aromatic carbocycles. The van der Waals surface area contributed by atoms with Gasteiger partial charge in [-0.25, -0.2) is 4.39 Å². The van der Waals surface area contributed by atoms with Crippen molar-refractivity contribution < 1.29 is 4.39 Å². The molecule has 0 spiro atoms. The molecule has 3 heteroatoms. The van der Waals surface area contributed by atoms with Crippen molar-refractivity contribution in [2.45, 2.75) is 6.04 Å². The summed E-state index contributed by atoms with van der Waals surface area (Å²) >= 11 is 0. The normalized spacial score (nSPS) is 12.5. The molecule has 1 aromatic heterocycles. The standard InChI is InChI=1S/C17H15FN2/c1-19-17(13-6-8-15(18)9-7-13)14-5-4-12-3-2-10-20-16(12)11-14/h2-11,17,19H,1H3. The molecule has 0 aliphatic rings. The fourth-order valence-electron chi connectivity index (χ4n) is 2.44. The van der Waals surface area contributed by atoms with Gasteiger partial charge in [0.2, 0.25) is 0 Å². The van der Waals surface area contributed by atoms with Gasteiger partial charge < -0.3 is 5.32 Å². The summed E-state index contributed by atoms with van der Waals surface area (Å²) in [5, 5.41) is 4.38. The molecular weight excluding hydrogens is 251 g/mol. The number of hydrogen-bond acceptors (Lipinski definition) is 2. The van der Waals surface area contributed by atoms with Gasteiger partial charge in [0.05, 0.1) is 11.6 Å². The van der Waals surface area contributed by atoms with E-state index in [-0.39, 0.29) is 11.9 Å². The number of nitrogens with zero attached hydrogens (tertiary/aromatic N) is 1. The van der Waals surface area contributed by atoms with Gasteiger partial charge in [-0.05, 0) is 42.4 Å². The van der Waals surface area contributed by atoms with Crippen molar-refractivity contribution in [1.82, 2.24) is 10.3 Å². The van der Waals surface area contributed by atoms with Crippen LogP contribution in [0.5, 0.6) is 0 Å². The van der Waals surface area contributed by atoms with Gasteiger partial charge in [0.1, 0.15) is 5.82 Å². The van der Waals surface area contributed by atoms with Crippen LogP contribution in [0.25, 0.3) is 10.9 Å². The molecule has 0 saturated heterocycles. The Morgan fingerprint density at radius 2 is 1.75 bits per heavy atom. The van der Waals surface area contributed by atoms with Crippen LogP contribution >= 0.6 is 0 Å². The van der Waals surface area contributed by atoms with E-state index in [1.807, 2.05) is 19.2 Å². The number of rotatable bonds is 3. The highest BCUT2D eigenvalue weighted by Gasteiger charge is 2.12. The lowest BCUT2D eigenvalue weighted by molar-refractivity contribution is 0.623. The summed E-state index contributed by atoms with van der Waals surface area (Å²) in [4.78, 5) is 4.38. The zero-order valence-electron chi connectivity index (χ0n) is 11.2. The first-order chi connectivity index (χ1) is 9.78. The van der Waals surface area contributed by atoms with Crippen LogP contribution in [0.4, 0.5) is 4.39 Å². The van der Waals surface area contributed by atoms with E-state index in [0.717, 1.165) is 22.0 Å². The lowest BCUT2D eigenvalue weighted by Gasteiger charge is -2.17. The van der Waals surface area contributed by atoms with Gasteiger partial charge in [0, 0.05) is 11.6 Å². The average molecular weight is 266 g/mol. The molecule has 0 fully saturated rings. The molecule has 3 aromatic rings. The Bertz CT molecular complexity index is 722. The van der Waals surface area contributed by atoms with Gasteiger partial charge in [-0.1, -0.05) is 30.3 Å². The third kappa shape index (κ3) is 2.40. The van der Waals surface area contributed by atoms with Crippen LogP contribution in [0.15, 0.2) is 60.8 Å². The summed E-state index contributed by atoms with van der Waals surface area (Å²) in [6.45, 7) is 0. The number of halogens is 1. The van der Waals surface area contributed by atoms with Gasteiger partial charge in [0.15, 0.2) is 0 Å². The highest BCUT2D eigenvalue weighted by Crippen LogP contribution is 2.24. The van der Waals surface area contributed by atoms with Crippen LogP contribution in [0.2, 0.25) is 0 Å². The number of pyridine rings is 1.